The topological polar surface area (TPSA) is 57.2 Å². The second kappa shape index (κ2) is 9.78. The molecule has 2 bridgehead atoms. The van der Waals surface area contributed by atoms with Gasteiger partial charge in [0.1, 0.15) is 11.7 Å². The first kappa shape index (κ1) is 25.1. The van der Waals surface area contributed by atoms with E-state index in [1.54, 1.807) is 13.7 Å². The van der Waals surface area contributed by atoms with Gasteiger partial charge in [0.15, 0.2) is 0 Å². The van der Waals surface area contributed by atoms with Gasteiger partial charge in [0, 0.05) is 38.2 Å². The van der Waals surface area contributed by atoms with Crippen molar-refractivity contribution in [3.63, 3.8) is 0 Å². The maximum atomic E-state index is 10.9. The minimum absolute atomic E-state index is 0. The van der Waals surface area contributed by atoms with E-state index in [4.69, 9.17) is 18.6 Å². The standard InChI is InChI=1S/C24H31O5Si.U/c1-23(2,3)30(18-11-7-5-8-12-18,19-13-9-6-10-14-19)28-17-24-21(16-26-4)29-20(15-27-24)22(24)25;/h5-15,20-22,25H,16-17H2,1-4H3;/q-1;/t20-,21-,22-,24-;/m0./s1. The van der Waals surface area contributed by atoms with E-state index in [-0.39, 0.29) is 48.9 Å². The Morgan fingerprint density at radius 3 is 2.03 bits per heavy atom. The number of methoxy groups -OCH3 is 1. The van der Waals surface area contributed by atoms with E-state index < -0.39 is 26.1 Å². The minimum Gasteiger partial charge on any atom is -0.539 e. The molecule has 166 valence electrons. The molecular formula is C24H31O5SiU-. The average molecular weight is 666 g/mol. The summed E-state index contributed by atoms with van der Waals surface area (Å²) >= 11 is 0. The SMILES string of the molecule is COC[C@@H]1O[C@H]2[CH-]O[C@]1(CO[Si](c1ccccc1)(c1ccccc1)C(C)(C)C)[C@H]2O.[U]. The van der Waals surface area contributed by atoms with Gasteiger partial charge in [-0.25, -0.2) is 0 Å². The Bertz CT molecular complexity index is 805. The quantitative estimate of drug-likeness (QED) is 0.364. The van der Waals surface area contributed by atoms with Crippen LogP contribution in [0, 0.1) is 37.7 Å². The fourth-order valence-corrected chi connectivity index (χ4v) is 9.42. The van der Waals surface area contributed by atoms with E-state index in [1.165, 1.54) is 10.4 Å². The number of ether oxygens (including phenoxy) is 3. The van der Waals surface area contributed by atoms with E-state index in [1.807, 2.05) is 12.1 Å². The van der Waals surface area contributed by atoms with Crippen molar-refractivity contribution in [3.05, 3.63) is 67.3 Å². The Kier molecular flexibility index (Phi) is 7.93. The predicted octanol–water partition coefficient (Wildman–Crippen LogP) is 2.27. The van der Waals surface area contributed by atoms with Crippen LogP contribution in [-0.4, -0.2) is 57.7 Å². The number of aliphatic hydroxyl groups excluding tert-OH is 1. The van der Waals surface area contributed by atoms with Crippen molar-refractivity contribution in [2.75, 3.05) is 20.3 Å². The number of fused-ring (bicyclic) bond motifs is 2. The molecule has 0 saturated carbocycles. The van der Waals surface area contributed by atoms with Crippen molar-refractivity contribution < 1.29 is 54.9 Å². The van der Waals surface area contributed by atoms with Crippen LogP contribution in [0.1, 0.15) is 20.8 Å². The summed E-state index contributed by atoms with van der Waals surface area (Å²) in [5.74, 6) is 0. The molecule has 5 nitrogen and oxygen atoms in total. The molecule has 2 aliphatic heterocycles. The second-order valence-electron chi connectivity index (χ2n) is 9.15. The van der Waals surface area contributed by atoms with Crippen molar-refractivity contribution in [3.8, 4) is 0 Å². The molecule has 7 heteroatoms. The number of hydrogen-bond acceptors (Lipinski definition) is 5. The number of rotatable bonds is 7. The Morgan fingerprint density at radius 1 is 1.03 bits per heavy atom. The van der Waals surface area contributed by atoms with Crippen molar-refractivity contribution in [2.24, 2.45) is 0 Å². The van der Waals surface area contributed by atoms with Gasteiger partial charge >= 0.3 is 0 Å². The van der Waals surface area contributed by atoms with Crippen molar-refractivity contribution in [1.82, 2.24) is 0 Å². The summed E-state index contributed by atoms with van der Waals surface area (Å²) in [5.41, 5.74) is -0.965. The van der Waals surface area contributed by atoms with Gasteiger partial charge in [-0.1, -0.05) is 81.4 Å². The van der Waals surface area contributed by atoms with E-state index in [9.17, 15) is 5.11 Å². The molecule has 0 unspecified atom stereocenters. The van der Waals surface area contributed by atoms with Crippen LogP contribution in [0.3, 0.4) is 0 Å². The maximum Gasteiger partial charge on any atom is 0.261 e. The molecule has 0 amide bonds. The fourth-order valence-electron chi connectivity index (χ4n) is 4.82. The Labute approximate surface area is 209 Å². The molecule has 2 aromatic rings. The van der Waals surface area contributed by atoms with Gasteiger partial charge in [-0.05, 0) is 21.5 Å². The zero-order valence-electron chi connectivity index (χ0n) is 18.6. The van der Waals surface area contributed by atoms with Crippen LogP contribution < -0.4 is 10.4 Å². The minimum atomic E-state index is -2.75. The van der Waals surface area contributed by atoms with Gasteiger partial charge in [0.2, 0.25) is 0 Å². The first-order chi connectivity index (χ1) is 14.3. The molecule has 2 aliphatic rings. The Hall–Kier alpha value is -0.491. The largest absolute Gasteiger partial charge is 0.539 e. The van der Waals surface area contributed by atoms with Crippen molar-refractivity contribution >= 4 is 18.7 Å². The van der Waals surface area contributed by atoms with Crippen LogP contribution in [0.2, 0.25) is 5.04 Å². The number of benzene rings is 2. The number of aliphatic hydroxyl groups is 1. The summed E-state index contributed by atoms with van der Waals surface area (Å²) in [6.07, 6.45) is -1.62. The maximum absolute atomic E-state index is 10.9. The average Bonchev–Trinajstić information content (AvgIpc) is 3.18. The first-order valence-corrected chi connectivity index (χ1v) is 12.3. The third kappa shape index (κ3) is 4.25. The van der Waals surface area contributed by atoms with Crippen molar-refractivity contribution in [1.29, 1.82) is 0 Å². The molecule has 0 radical (unpaired) electrons. The third-order valence-electron chi connectivity index (χ3n) is 6.35. The molecule has 2 aromatic carbocycles. The number of hydrogen-bond donors (Lipinski definition) is 1. The molecule has 2 saturated heterocycles. The smallest absolute Gasteiger partial charge is 0.261 e. The molecule has 1 N–H and O–H groups in total. The first-order valence-electron chi connectivity index (χ1n) is 10.4. The summed E-state index contributed by atoms with van der Waals surface area (Å²) in [6, 6.07) is 20.9. The van der Waals surface area contributed by atoms with Gasteiger partial charge in [-0.15, -0.1) is 0 Å². The fraction of sp³-hybridized carbons (Fsp3) is 0.458. The molecule has 4 atom stereocenters. The van der Waals surface area contributed by atoms with E-state index in [0.29, 0.717) is 6.61 Å². The second-order valence-corrected chi connectivity index (χ2v) is 13.5. The zero-order valence-corrected chi connectivity index (χ0v) is 23.7. The van der Waals surface area contributed by atoms with Gasteiger partial charge in [0.05, 0.1) is 19.3 Å². The Balaban J connectivity index is 0.00000272. The van der Waals surface area contributed by atoms with Crippen LogP contribution in [0.5, 0.6) is 0 Å². The van der Waals surface area contributed by atoms with E-state index >= 15 is 0 Å². The van der Waals surface area contributed by atoms with E-state index in [0.717, 1.165) is 0 Å². The van der Waals surface area contributed by atoms with Crippen LogP contribution >= 0.6 is 0 Å². The molecule has 2 fully saturated rings. The summed E-state index contributed by atoms with van der Waals surface area (Å²) < 4.78 is 24.3. The van der Waals surface area contributed by atoms with Crippen LogP contribution in [0.4, 0.5) is 0 Å². The van der Waals surface area contributed by atoms with Gasteiger partial charge in [0.25, 0.3) is 8.32 Å². The van der Waals surface area contributed by atoms with Crippen LogP contribution in [0.15, 0.2) is 60.7 Å². The Morgan fingerprint density at radius 2 is 1.58 bits per heavy atom. The molecule has 0 aliphatic carbocycles. The molecular weight excluding hydrogens is 634 g/mol. The van der Waals surface area contributed by atoms with Gasteiger partial charge in [-0.2, -0.15) is 6.61 Å². The third-order valence-corrected chi connectivity index (χ3v) is 11.3. The molecule has 2 heterocycles. The summed E-state index contributed by atoms with van der Waals surface area (Å²) in [4.78, 5) is 0. The van der Waals surface area contributed by atoms with Crippen LogP contribution in [-0.2, 0) is 18.6 Å². The summed E-state index contributed by atoms with van der Waals surface area (Å²) in [7, 11) is -1.12. The molecule has 31 heavy (non-hydrogen) atoms. The zero-order chi connectivity index (χ0) is 21.4. The predicted molar refractivity (Wildman–Crippen MR) is 118 cm³/mol. The van der Waals surface area contributed by atoms with E-state index in [2.05, 4.69) is 69.3 Å². The normalized spacial score (nSPS) is 27.8. The monoisotopic (exact) mass is 665 g/mol. The van der Waals surface area contributed by atoms with Gasteiger partial charge in [-0.3, -0.25) is 0 Å². The van der Waals surface area contributed by atoms with Crippen LogP contribution in [0.25, 0.3) is 0 Å². The molecule has 0 spiro atoms. The molecule has 0 aromatic heterocycles. The van der Waals surface area contributed by atoms with Crippen molar-refractivity contribution in [2.45, 2.75) is 49.7 Å². The summed E-state index contributed by atoms with van der Waals surface area (Å²) in [5, 5.41) is 13.1. The molecule has 4 rings (SSSR count). The summed E-state index contributed by atoms with van der Waals surface area (Å²) in [6.45, 7) is 8.85. The van der Waals surface area contributed by atoms with Gasteiger partial charge < -0.3 is 23.7 Å².